The molecule has 0 saturated carbocycles. The van der Waals surface area contributed by atoms with Crippen LogP contribution in [0, 0.1) is 0 Å². The lowest BCUT2D eigenvalue weighted by molar-refractivity contribution is 0.0952. The van der Waals surface area contributed by atoms with Gasteiger partial charge in [-0.2, -0.15) is 4.99 Å². The summed E-state index contributed by atoms with van der Waals surface area (Å²) in [6.07, 6.45) is 3.27. The molecule has 4 aromatic rings. The fourth-order valence-electron chi connectivity index (χ4n) is 2.84. The summed E-state index contributed by atoms with van der Waals surface area (Å²) < 4.78 is 1.58. The van der Waals surface area contributed by atoms with Crippen LogP contribution in [0.15, 0.2) is 59.2 Å². The summed E-state index contributed by atoms with van der Waals surface area (Å²) >= 11 is 7.52. The zero-order valence-electron chi connectivity index (χ0n) is 14.6. The summed E-state index contributed by atoms with van der Waals surface area (Å²) in [5, 5.41) is 5.37. The Hall–Kier alpha value is -3.23. The number of carbonyl (C=O) groups excluding carboxylic acids is 2. The molecule has 1 aromatic carbocycles. The van der Waals surface area contributed by atoms with Crippen LogP contribution in [0.1, 0.15) is 20.8 Å². The molecule has 0 radical (unpaired) electrons. The minimum atomic E-state index is -0.432. The maximum atomic E-state index is 12.9. The third-order valence-electron chi connectivity index (χ3n) is 4.15. The molecule has 0 aliphatic carbocycles. The van der Waals surface area contributed by atoms with Crippen LogP contribution < -0.4 is 10.1 Å². The minimum Gasteiger partial charge on any atom is -0.354 e. The highest BCUT2D eigenvalue weighted by molar-refractivity contribution is 7.07. The molecular formula is C19H14ClN5O2S. The number of carbonyl (C=O) groups is 2. The average Bonchev–Trinajstić information content (AvgIpc) is 3.34. The number of para-hydroxylation sites is 1. The predicted molar refractivity (Wildman–Crippen MR) is 108 cm³/mol. The summed E-state index contributed by atoms with van der Waals surface area (Å²) in [5.41, 5.74) is 1.94. The number of nitrogens with one attached hydrogen (secondary N) is 2. The third kappa shape index (κ3) is 3.12. The van der Waals surface area contributed by atoms with E-state index in [9.17, 15) is 9.59 Å². The average molecular weight is 412 g/mol. The van der Waals surface area contributed by atoms with Crippen molar-refractivity contribution in [2.45, 2.75) is 0 Å². The van der Waals surface area contributed by atoms with Gasteiger partial charge >= 0.3 is 0 Å². The number of benzene rings is 1. The van der Waals surface area contributed by atoms with Gasteiger partial charge in [-0.1, -0.05) is 23.7 Å². The van der Waals surface area contributed by atoms with Gasteiger partial charge < -0.3 is 10.3 Å². The lowest BCUT2D eigenvalue weighted by Crippen LogP contribution is -2.26. The van der Waals surface area contributed by atoms with Gasteiger partial charge in [-0.05, 0) is 24.3 Å². The van der Waals surface area contributed by atoms with Crippen molar-refractivity contribution < 1.29 is 9.59 Å². The van der Waals surface area contributed by atoms with Crippen LogP contribution in [0.25, 0.3) is 16.7 Å². The first-order chi connectivity index (χ1) is 13.6. The molecule has 28 heavy (non-hydrogen) atoms. The molecule has 3 heterocycles. The molecule has 9 heteroatoms. The number of aromatic nitrogens is 3. The summed E-state index contributed by atoms with van der Waals surface area (Å²) in [7, 11) is 1.54. The van der Waals surface area contributed by atoms with Crippen LogP contribution in [-0.4, -0.2) is 33.4 Å². The smallest absolute Gasteiger partial charge is 0.280 e. The fourth-order valence-corrected chi connectivity index (χ4v) is 3.92. The summed E-state index contributed by atoms with van der Waals surface area (Å²) in [5.74, 6) is -0.736. The van der Waals surface area contributed by atoms with Gasteiger partial charge in [0.2, 0.25) is 0 Å². The number of thiazole rings is 1. The van der Waals surface area contributed by atoms with E-state index < -0.39 is 5.91 Å². The zero-order chi connectivity index (χ0) is 19.7. The Morgan fingerprint density at radius 1 is 1.25 bits per heavy atom. The van der Waals surface area contributed by atoms with Crippen LogP contribution in [0.4, 0.5) is 0 Å². The quantitative estimate of drug-likeness (QED) is 0.542. The van der Waals surface area contributed by atoms with Crippen LogP contribution in [-0.2, 0) is 0 Å². The number of amides is 2. The Morgan fingerprint density at radius 3 is 2.86 bits per heavy atom. The van der Waals surface area contributed by atoms with Crippen molar-refractivity contribution in [3.05, 3.63) is 75.3 Å². The van der Waals surface area contributed by atoms with E-state index >= 15 is 0 Å². The maximum Gasteiger partial charge on any atom is 0.280 e. The Morgan fingerprint density at radius 2 is 2.07 bits per heavy atom. The molecule has 7 nitrogen and oxygen atoms in total. The third-order valence-corrected chi connectivity index (χ3v) is 5.29. The van der Waals surface area contributed by atoms with Crippen LogP contribution in [0.3, 0.4) is 0 Å². The maximum absolute atomic E-state index is 12.9. The number of H-pyrrole nitrogens is 1. The summed E-state index contributed by atoms with van der Waals surface area (Å²) in [6, 6.07) is 10.5. The first kappa shape index (κ1) is 18.1. The van der Waals surface area contributed by atoms with E-state index in [0.717, 1.165) is 0 Å². The number of pyridine rings is 1. The molecule has 0 unspecified atom stereocenters. The first-order valence-corrected chi connectivity index (χ1v) is 9.54. The highest BCUT2D eigenvalue weighted by Crippen LogP contribution is 2.21. The number of aromatic amines is 1. The molecule has 140 valence electrons. The Labute approximate surface area is 168 Å². The van der Waals surface area contributed by atoms with E-state index in [1.54, 1.807) is 65.8 Å². The number of halogens is 1. The number of fused-ring (bicyclic) bond motifs is 1. The van der Waals surface area contributed by atoms with Gasteiger partial charge in [0.05, 0.1) is 16.3 Å². The van der Waals surface area contributed by atoms with Gasteiger partial charge in [0.25, 0.3) is 11.8 Å². The van der Waals surface area contributed by atoms with Crippen molar-refractivity contribution >= 4 is 45.8 Å². The van der Waals surface area contributed by atoms with Crippen LogP contribution >= 0.6 is 22.9 Å². The SMILES string of the molecule is CNC(=O)c1cs/c(=N\C(=O)c2ccnc3[nH]ccc23)n1-c1ccccc1Cl. The van der Waals surface area contributed by atoms with Crippen molar-refractivity contribution in [2.75, 3.05) is 7.05 Å². The van der Waals surface area contributed by atoms with Crippen molar-refractivity contribution in [1.29, 1.82) is 0 Å². The number of rotatable bonds is 3. The Balaban J connectivity index is 1.92. The second-order valence-corrected chi connectivity index (χ2v) is 7.03. The van der Waals surface area contributed by atoms with E-state index in [1.807, 2.05) is 0 Å². The van der Waals surface area contributed by atoms with E-state index in [4.69, 9.17) is 11.6 Å². The topological polar surface area (TPSA) is 92.1 Å². The highest BCUT2D eigenvalue weighted by Gasteiger charge is 2.17. The molecular weight excluding hydrogens is 398 g/mol. The molecule has 2 N–H and O–H groups in total. The molecule has 0 saturated heterocycles. The standard InChI is InChI=1S/C19H14ClN5O2S/c1-21-18(27)15-10-28-19(25(15)14-5-3-2-4-13(14)20)24-17(26)12-7-9-23-16-11(12)6-8-22-16/h2-10H,1H3,(H,21,27)(H,22,23)/b24-19-. The summed E-state index contributed by atoms with van der Waals surface area (Å²) in [4.78, 5) is 37.0. The molecule has 2 amide bonds. The van der Waals surface area contributed by atoms with E-state index in [1.165, 1.54) is 11.3 Å². The molecule has 0 atom stereocenters. The number of hydrogen-bond donors (Lipinski definition) is 2. The molecule has 0 aliphatic rings. The lowest BCUT2D eigenvalue weighted by Gasteiger charge is -2.09. The fraction of sp³-hybridized carbons (Fsp3) is 0.0526. The highest BCUT2D eigenvalue weighted by atomic mass is 35.5. The van der Waals surface area contributed by atoms with Gasteiger partial charge in [0.1, 0.15) is 11.3 Å². The van der Waals surface area contributed by atoms with Gasteiger partial charge in [-0.3, -0.25) is 14.2 Å². The Bertz CT molecular complexity index is 1270. The monoisotopic (exact) mass is 411 g/mol. The normalized spacial score (nSPS) is 11.7. The van der Waals surface area contributed by atoms with Gasteiger partial charge in [0.15, 0.2) is 4.80 Å². The largest absolute Gasteiger partial charge is 0.354 e. The molecule has 3 aromatic heterocycles. The zero-order valence-corrected chi connectivity index (χ0v) is 16.2. The molecule has 4 rings (SSSR count). The van der Waals surface area contributed by atoms with Crippen molar-refractivity contribution in [3.8, 4) is 5.69 Å². The van der Waals surface area contributed by atoms with Crippen molar-refractivity contribution in [3.63, 3.8) is 0 Å². The molecule has 0 aliphatic heterocycles. The van der Waals surface area contributed by atoms with E-state index in [2.05, 4.69) is 20.3 Å². The molecule has 0 bridgehead atoms. The van der Waals surface area contributed by atoms with Crippen LogP contribution in [0.2, 0.25) is 5.02 Å². The number of hydrogen-bond acceptors (Lipinski definition) is 4. The minimum absolute atomic E-state index is 0.304. The van der Waals surface area contributed by atoms with E-state index in [-0.39, 0.29) is 5.91 Å². The van der Waals surface area contributed by atoms with Crippen molar-refractivity contribution in [1.82, 2.24) is 19.9 Å². The molecule has 0 spiro atoms. The Kier molecular flexibility index (Phi) is 4.81. The second-order valence-electron chi connectivity index (χ2n) is 5.78. The van der Waals surface area contributed by atoms with E-state index in [0.29, 0.717) is 37.8 Å². The van der Waals surface area contributed by atoms with Crippen molar-refractivity contribution in [2.24, 2.45) is 4.99 Å². The first-order valence-electron chi connectivity index (χ1n) is 8.29. The predicted octanol–water partition coefficient (Wildman–Crippen LogP) is 3.17. The lowest BCUT2D eigenvalue weighted by atomic mass is 10.2. The number of nitrogens with zero attached hydrogens (tertiary/aromatic N) is 3. The molecule has 0 fully saturated rings. The second kappa shape index (κ2) is 7.41. The van der Waals surface area contributed by atoms with Gasteiger partial charge in [-0.25, -0.2) is 4.98 Å². The van der Waals surface area contributed by atoms with Gasteiger partial charge in [-0.15, -0.1) is 11.3 Å². The van der Waals surface area contributed by atoms with Crippen LogP contribution in [0.5, 0.6) is 0 Å². The van der Waals surface area contributed by atoms with Gasteiger partial charge in [0, 0.05) is 30.2 Å². The summed E-state index contributed by atoms with van der Waals surface area (Å²) in [6.45, 7) is 0.